The fourth-order valence-corrected chi connectivity index (χ4v) is 0.968. The molecule has 0 heterocycles. The summed E-state index contributed by atoms with van der Waals surface area (Å²) >= 11 is 0. The molecule has 0 aliphatic heterocycles. The second kappa shape index (κ2) is 4.77. The summed E-state index contributed by atoms with van der Waals surface area (Å²) in [7, 11) is 0. The summed E-state index contributed by atoms with van der Waals surface area (Å²) in [4.78, 5) is 0. The summed E-state index contributed by atoms with van der Waals surface area (Å²) in [5.41, 5.74) is 10.5. The molecule has 4 nitrogen and oxygen atoms in total. The van der Waals surface area contributed by atoms with Crippen LogP contribution in [-0.2, 0) is 0 Å². The van der Waals surface area contributed by atoms with Gasteiger partial charge in [0.1, 0.15) is 0 Å². The number of hydrogen-bond donors (Lipinski definition) is 2. The number of ether oxygens (including phenoxy) is 2. The first kappa shape index (κ1) is 12.2. The fraction of sp³-hybridized carbons (Fsp3) is 0.250. The largest absolute Gasteiger partial charge is 0.431 e. The number of nitrogens with two attached hydrogens (primary N) is 2. The van der Waals surface area contributed by atoms with Crippen molar-refractivity contribution in [3.63, 3.8) is 0 Å². The molecule has 0 bridgehead atoms. The molecular formula is C8H8F4N2O2. The molecule has 1 rings (SSSR count). The van der Waals surface area contributed by atoms with Gasteiger partial charge in [0.25, 0.3) is 0 Å². The van der Waals surface area contributed by atoms with E-state index >= 15 is 0 Å². The van der Waals surface area contributed by atoms with Gasteiger partial charge in [0.15, 0.2) is 11.5 Å². The molecule has 0 amide bonds. The van der Waals surface area contributed by atoms with Crippen molar-refractivity contribution in [2.75, 3.05) is 11.5 Å². The summed E-state index contributed by atoms with van der Waals surface area (Å²) in [5, 5.41) is 0. The minimum absolute atomic E-state index is 0.0720. The quantitative estimate of drug-likeness (QED) is 0.624. The molecule has 1 aromatic rings. The monoisotopic (exact) mass is 240 g/mol. The predicted molar refractivity (Wildman–Crippen MR) is 48.5 cm³/mol. The van der Waals surface area contributed by atoms with E-state index in [1.54, 1.807) is 0 Å². The van der Waals surface area contributed by atoms with E-state index in [0.717, 1.165) is 12.1 Å². The SMILES string of the molecule is Nc1cc(OC(F)F)c(OC(F)F)cc1N. The summed E-state index contributed by atoms with van der Waals surface area (Å²) in [6.45, 7) is -6.36. The van der Waals surface area contributed by atoms with E-state index in [4.69, 9.17) is 11.5 Å². The van der Waals surface area contributed by atoms with Crippen molar-refractivity contribution in [3.05, 3.63) is 12.1 Å². The van der Waals surface area contributed by atoms with Crippen LogP contribution in [0.25, 0.3) is 0 Å². The van der Waals surface area contributed by atoms with Crippen LogP contribution >= 0.6 is 0 Å². The van der Waals surface area contributed by atoms with Gasteiger partial charge in [-0.2, -0.15) is 17.6 Å². The van der Waals surface area contributed by atoms with Crippen LogP contribution in [0.3, 0.4) is 0 Å². The van der Waals surface area contributed by atoms with Crippen molar-refractivity contribution in [2.24, 2.45) is 0 Å². The standard InChI is InChI=1S/C8H8F4N2O2/c9-7(10)15-5-1-3(13)4(14)2-6(5)16-8(11)12/h1-2,7-8H,13-14H2. The molecule has 0 radical (unpaired) electrons. The lowest BCUT2D eigenvalue weighted by atomic mass is 10.2. The average molecular weight is 240 g/mol. The molecule has 8 heteroatoms. The number of anilines is 2. The molecule has 0 spiro atoms. The van der Waals surface area contributed by atoms with Crippen LogP contribution < -0.4 is 20.9 Å². The van der Waals surface area contributed by atoms with Gasteiger partial charge in [-0.15, -0.1) is 0 Å². The van der Waals surface area contributed by atoms with Crippen molar-refractivity contribution in [3.8, 4) is 11.5 Å². The minimum Gasteiger partial charge on any atom is -0.431 e. The van der Waals surface area contributed by atoms with E-state index in [1.165, 1.54) is 0 Å². The summed E-state index contributed by atoms with van der Waals surface area (Å²) in [6.07, 6.45) is 0. The zero-order valence-corrected chi connectivity index (χ0v) is 7.79. The molecule has 1 aromatic carbocycles. The van der Waals surface area contributed by atoms with E-state index in [1.807, 2.05) is 0 Å². The number of rotatable bonds is 4. The van der Waals surface area contributed by atoms with Gasteiger partial charge in [-0.3, -0.25) is 0 Å². The summed E-state index contributed by atoms with van der Waals surface area (Å²) in [6, 6.07) is 1.78. The van der Waals surface area contributed by atoms with E-state index in [9.17, 15) is 17.6 Å². The van der Waals surface area contributed by atoms with E-state index in [2.05, 4.69) is 9.47 Å². The number of halogens is 4. The topological polar surface area (TPSA) is 70.5 Å². The second-order valence-electron chi connectivity index (χ2n) is 2.68. The minimum atomic E-state index is -3.18. The van der Waals surface area contributed by atoms with Crippen LogP contribution in [0.4, 0.5) is 28.9 Å². The summed E-state index contributed by atoms with van der Waals surface area (Å²) < 4.78 is 55.6. The van der Waals surface area contributed by atoms with Gasteiger partial charge in [-0.1, -0.05) is 0 Å². The van der Waals surface area contributed by atoms with Gasteiger partial charge in [0.05, 0.1) is 11.4 Å². The molecule has 0 aliphatic carbocycles. The Morgan fingerprint density at radius 1 is 0.812 bits per heavy atom. The zero-order valence-electron chi connectivity index (χ0n) is 7.79. The molecular weight excluding hydrogens is 232 g/mol. The molecule has 0 unspecified atom stereocenters. The Kier molecular flexibility index (Phi) is 3.64. The molecule has 90 valence electrons. The molecule has 0 saturated carbocycles. The molecule has 0 aliphatic rings. The highest BCUT2D eigenvalue weighted by Gasteiger charge is 2.16. The highest BCUT2D eigenvalue weighted by molar-refractivity contribution is 5.69. The maximum Gasteiger partial charge on any atom is 0.387 e. The first-order valence-corrected chi connectivity index (χ1v) is 3.98. The third-order valence-corrected chi connectivity index (χ3v) is 1.58. The van der Waals surface area contributed by atoms with Gasteiger partial charge >= 0.3 is 13.2 Å². The Hall–Kier alpha value is -1.86. The normalized spacial score (nSPS) is 10.9. The molecule has 4 N–H and O–H groups in total. The third-order valence-electron chi connectivity index (χ3n) is 1.58. The Morgan fingerprint density at radius 3 is 1.38 bits per heavy atom. The average Bonchev–Trinajstić information content (AvgIpc) is 2.11. The molecule has 0 aromatic heterocycles. The number of nitrogen functional groups attached to an aromatic ring is 2. The van der Waals surface area contributed by atoms with E-state index < -0.39 is 24.7 Å². The Bertz CT molecular complexity index is 338. The fourth-order valence-electron chi connectivity index (χ4n) is 0.968. The number of alkyl halides is 4. The van der Waals surface area contributed by atoms with Crippen LogP contribution in [0.15, 0.2) is 12.1 Å². The highest BCUT2D eigenvalue weighted by atomic mass is 19.3. The summed E-state index contributed by atoms with van der Waals surface area (Å²) in [5.74, 6) is -1.19. The van der Waals surface area contributed by atoms with E-state index in [-0.39, 0.29) is 11.4 Å². The van der Waals surface area contributed by atoms with Crippen LogP contribution in [-0.4, -0.2) is 13.2 Å². The van der Waals surface area contributed by atoms with Crippen LogP contribution in [0.2, 0.25) is 0 Å². The van der Waals surface area contributed by atoms with Gasteiger partial charge in [-0.05, 0) is 0 Å². The van der Waals surface area contributed by atoms with Crippen molar-refractivity contribution < 1.29 is 27.0 Å². The molecule has 0 fully saturated rings. The van der Waals surface area contributed by atoms with Crippen molar-refractivity contribution >= 4 is 11.4 Å². The van der Waals surface area contributed by atoms with Crippen LogP contribution in [0.5, 0.6) is 11.5 Å². The third kappa shape index (κ3) is 3.07. The zero-order chi connectivity index (χ0) is 12.3. The predicted octanol–water partition coefficient (Wildman–Crippen LogP) is 2.05. The molecule has 0 atom stereocenters. The maximum absolute atomic E-state index is 11.9. The van der Waals surface area contributed by atoms with Crippen molar-refractivity contribution in [1.82, 2.24) is 0 Å². The van der Waals surface area contributed by atoms with Gasteiger partial charge < -0.3 is 20.9 Å². The van der Waals surface area contributed by atoms with Crippen LogP contribution in [0.1, 0.15) is 0 Å². The highest BCUT2D eigenvalue weighted by Crippen LogP contribution is 2.35. The van der Waals surface area contributed by atoms with E-state index in [0.29, 0.717) is 0 Å². The van der Waals surface area contributed by atoms with Crippen LogP contribution in [0, 0.1) is 0 Å². The smallest absolute Gasteiger partial charge is 0.387 e. The number of hydrogen-bond acceptors (Lipinski definition) is 4. The van der Waals surface area contributed by atoms with Crippen molar-refractivity contribution in [1.29, 1.82) is 0 Å². The lowest BCUT2D eigenvalue weighted by molar-refractivity contribution is -0.0691. The number of benzene rings is 1. The Labute approximate surface area is 87.7 Å². The van der Waals surface area contributed by atoms with Gasteiger partial charge in [0, 0.05) is 12.1 Å². The molecule has 0 saturated heterocycles. The maximum atomic E-state index is 11.9. The lowest BCUT2D eigenvalue weighted by Gasteiger charge is -2.13. The first-order valence-electron chi connectivity index (χ1n) is 3.98. The van der Waals surface area contributed by atoms with Gasteiger partial charge in [0.2, 0.25) is 0 Å². The Morgan fingerprint density at radius 2 is 1.12 bits per heavy atom. The van der Waals surface area contributed by atoms with Crippen molar-refractivity contribution in [2.45, 2.75) is 13.2 Å². The Balaban J connectivity index is 3.06. The van der Waals surface area contributed by atoms with Gasteiger partial charge in [-0.25, -0.2) is 0 Å². The second-order valence-corrected chi connectivity index (χ2v) is 2.68. The lowest BCUT2D eigenvalue weighted by Crippen LogP contribution is -2.09. The molecule has 16 heavy (non-hydrogen) atoms. The first-order chi connectivity index (χ1) is 7.40.